The summed E-state index contributed by atoms with van der Waals surface area (Å²) in [5, 5.41) is 18.7. The molecule has 3 atom stereocenters. The molecular weight excluding hydrogens is 1140 g/mol. The van der Waals surface area contributed by atoms with E-state index in [2.05, 4.69) is 30.2 Å². The Labute approximate surface area is 513 Å². The molecule has 6 rings (SSSR count). The van der Waals surface area contributed by atoms with Crippen molar-refractivity contribution in [1.82, 2.24) is 16.0 Å². The summed E-state index contributed by atoms with van der Waals surface area (Å²) in [4.78, 5) is 68.7. The number of amides is 3. The first kappa shape index (κ1) is 71.4. The molecule has 0 aliphatic rings. The standard InChI is InChI=1S/2C20H22ClNO5.C19H20ClNO5.Na.H2O/c2*1-13-7-8-15(19(23)25-2)12-17(13)18(14-5-4-6-16(21)11-14)27-10-9-22-20(24)26-3;1-12-6-7-14(18(22)23)11-16(12)17(13-4-3-5-15(20)10-13)26-9-8-21-19(24)25-2;;/h2*4-8,11-12,18H,9-10H2,1-3H3,(H,22,24);3-7,10-11,17H,8-9H2,1-2H3,(H,21,24)(H,22,23);;1H2/q;;;+1;/p-1/t18-;;17-;;/m0.0../s1. The van der Waals surface area contributed by atoms with Crippen LogP contribution in [0.15, 0.2) is 127 Å². The third-order valence-corrected chi connectivity index (χ3v) is 12.5. The number of hydrogen-bond acceptors (Lipinski definition) is 15. The molecule has 82 heavy (non-hydrogen) atoms. The van der Waals surface area contributed by atoms with Crippen molar-refractivity contribution in [2.45, 2.75) is 39.1 Å². The Morgan fingerprint density at radius 1 is 0.427 bits per heavy atom. The number of esters is 2. The molecule has 23 heteroatoms. The molecule has 0 aromatic heterocycles. The number of benzene rings is 6. The Kier molecular flexibility index (Phi) is 32.5. The van der Waals surface area contributed by atoms with Crippen molar-refractivity contribution in [1.29, 1.82) is 0 Å². The van der Waals surface area contributed by atoms with E-state index < -0.39 is 54.5 Å². The normalized spacial score (nSPS) is 11.3. The molecule has 1 unspecified atom stereocenters. The van der Waals surface area contributed by atoms with Gasteiger partial charge < -0.3 is 64.4 Å². The van der Waals surface area contributed by atoms with Crippen molar-refractivity contribution in [2.24, 2.45) is 0 Å². The molecule has 19 nitrogen and oxygen atoms in total. The van der Waals surface area contributed by atoms with E-state index in [9.17, 15) is 33.9 Å². The minimum atomic E-state index is -1.01. The number of methoxy groups -OCH3 is 5. The zero-order valence-electron chi connectivity index (χ0n) is 46.8. The molecule has 434 valence electrons. The summed E-state index contributed by atoms with van der Waals surface area (Å²) in [6.07, 6.45) is -3.05. The molecule has 0 fully saturated rings. The molecule has 0 aliphatic carbocycles. The number of nitrogens with one attached hydrogen (secondary N) is 3. The number of carbonyl (C=O) groups excluding carboxylic acids is 5. The first-order valence-corrected chi connectivity index (χ1v) is 25.8. The van der Waals surface area contributed by atoms with Gasteiger partial charge in [-0.15, -0.1) is 0 Å². The van der Waals surface area contributed by atoms with Crippen molar-refractivity contribution in [3.05, 3.63) is 209 Å². The largest absolute Gasteiger partial charge is 1.00 e. The summed E-state index contributed by atoms with van der Waals surface area (Å²) in [6, 6.07) is 37.3. The molecule has 6 aromatic rings. The molecule has 0 heterocycles. The second kappa shape index (κ2) is 37.4. The maximum atomic E-state index is 11.9. The zero-order valence-corrected chi connectivity index (χ0v) is 51.1. The van der Waals surface area contributed by atoms with Gasteiger partial charge in [0.25, 0.3) is 0 Å². The predicted octanol–water partition coefficient (Wildman–Crippen LogP) is 8.43. The molecule has 5 N–H and O–H groups in total. The molecule has 0 aliphatic heterocycles. The van der Waals surface area contributed by atoms with Crippen molar-refractivity contribution in [3.63, 3.8) is 0 Å². The van der Waals surface area contributed by atoms with E-state index in [1.165, 1.54) is 35.5 Å². The summed E-state index contributed by atoms with van der Waals surface area (Å²) < 4.78 is 41.2. The summed E-state index contributed by atoms with van der Waals surface area (Å²) in [5.41, 5.74) is 8.67. The van der Waals surface area contributed by atoms with Gasteiger partial charge >= 0.3 is 65.7 Å². The summed E-state index contributed by atoms with van der Waals surface area (Å²) >= 11 is 18.4. The van der Waals surface area contributed by atoms with E-state index in [1.807, 2.05) is 75.4 Å². The number of hydrogen-bond donors (Lipinski definition) is 4. The van der Waals surface area contributed by atoms with Gasteiger partial charge in [0.15, 0.2) is 0 Å². The Bertz CT molecular complexity index is 2920. The SMILES string of the molecule is COC(=O)NCCOC(c1cccc(Cl)c1)c1cc(C(=O)OC)ccc1C.COC(=O)NCCO[C@@H](c1cccc(Cl)c1)c1cc(C(=O)O)ccc1C.COC(=O)NCCO[C@@H](c1cccc(Cl)c1)c1cc(C(=O)OC)ccc1C.[Na+].[OH-]. The molecule has 0 bridgehead atoms. The zero-order chi connectivity index (χ0) is 58.7. The van der Waals surface area contributed by atoms with Crippen LogP contribution >= 0.6 is 34.8 Å². The van der Waals surface area contributed by atoms with Crippen LogP contribution in [0.4, 0.5) is 14.4 Å². The van der Waals surface area contributed by atoms with Gasteiger partial charge in [0.1, 0.15) is 18.3 Å². The fraction of sp³-hybridized carbons (Fsp3) is 0.288. The Hall–Kier alpha value is -6.75. The fourth-order valence-electron chi connectivity index (χ4n) is 7.70. The molecule has 0 spiro atoms. The summed E-state index contributed by atoms with van der Waals surface area (Å²) in [7, 11) is 6.56. The number of carbonyl (C=O) groups is 6. The first-order valence-electron chi connectivity index (χ1n) is 24.6. The average molecular weight is 1200 g/mol. The van der Waals surface area contributed by atoms with Gasteiger partial charge in [-0.1, -0.05) is 89.4 Å². The van der Waals surface area contributed by atoms with E-state index >= 15 is 0 Å². The molecule has 0 saturated carbocycles. The van der Waals surface area contributed by atoms with Crippen molar-refractivity contribution in [2.75, 3.05) is 75.0 Å². The smallest absolute Gasteiger partial charge is 0.870 e. The van der Waals surface area contributed by atoms with Crippen LogP contribution in [0.25, 0.3) is 0 Å². The number of aromatic carboxylic acids is 1. The van der Waals surface area contributed by atoms with Crippen LogP contribution in [0.3, 0.4) is 0 Å². The third-order valence-electron chi connectivity index (χ3n) is 11.8. The third kappa shape index (κ3) is 22.9. The molecule has 0 radical (unpaired) electrons. The second-order valence-electron chi connectivity index (χ2n) is 17.2. The predicted molar refractivity (Wildman–Crippen MR) is 304 cm³/mol. The van der Waals surface area contributed by atoms with E-state index in [1.54, 1.807) is 72.8 Å². The van der Waals surface area contributed by atoms with Crippen LogP contribution in [-0.4, -0.2) is 122 Å². The van der Waals surface area contributed by atoms with Crippen molar-refractivity contribution >= 4 is 71.0 Å². The minimum absolute atomic E-state index is 0. The minimum Gasteiger partial charge on any atom is -0.870 e. The fourth-order valence-corrected chi connectivity index (χ4v) is 8.30. The number of carboxylic acid groups (broad SMARTS) is 1. The Morgan fingerprint density at radius 2 is 0.707 bits per heavy atom. The average Bonchev–Trinajstić information content (AvgIpc) is 3.61. The van der Waals surface area contributed by atoms with Gasteiger partial charge in [-0.05, 0) is 144 Å². The van der Waals surface area contributed by atoms with Gasteiger partial charge in [0.05, 0.1) is 72.1 Å². The maximum absolute atomic E-state index is 11.9. The second-order valence-corrected chi connectivity index (χ2v) is 18.5. The van der Waals surface area contributed by atoms with Crippen molar-refractivity contribution in [3.8, 4) is 0 Å². The van der Waals surface area contributed by atoms with Gasteiger partial charge in [-0.2, -0.15) is 0 Å². The molecule has 6 aromatic carbocycles. The number of rotatable bonds is 21. The van der Waals surface area contributed by atoms with Crippen LogP contribution in [0, 0.1) is 20.8 Å². The van der Waals surface area contributed by atoms with Crippen LogP contribution < -0.4 is 45.5 Å². The number of carboxylic acids is 1. The number of ether oxygens (including phenoxy) is 8. The van der Waals surface area contributed by atoms with Gasteiger partial charge in [0, 0.05) is 34.7 Å². The Morgan fingerprint density at radius 3 is 0.963 bits per heavy atom. The first-order chi connectivity index (χ1) is 38.3. The summed E-state index contributed by atoms with van der Waals surface area (Å²) in [5.74, 6) is -1.86. The van der Waals surface area contributed by atoms with Crippen LogP contribution in [-0.2, 0) is 37.9 Å². The van der Waals surface area contributed by atoms with Gasteiger partial charge in [0.2, 0.25) is 0 Å². The molecular formula is C59H65Cl3N3NaO16. The monoisotopic (exact) mass is 1200 g/mol. The summed E-state index contributed by atoms with van der Waals surface area (Å²) in [6.45, 7) is 7.26. The van der Waals surface area contributed by atoms with E-state index in [0.29, 0.717) is 26.2 Å². The number of aryl methyl sites for hydroxylation is 3. The van der Waals surface area contributed by atoms with Crippen LogP contribution in [0.1, 0.15) is 99.5 Å². The molecule has 0 saturated heterocycles. The van der Waals surface area contributed by atoms with E-state index in [4.69, 9.17) is 58.5 Å². The van der Waals surface area contributed by atoms with Crippen molar-refractivity contribution < 1.29 is 107 Å². The van der Waals surface area contributed by atoms with Crippen LogP contribution in [0.2, 0.25) is 15.1 Å². The molecule has 3 amide bonds. The quantitative estimate of drug-likeness (QED) is 0.0228. The Balaban J connectivity index is 0.000000415. The van der Waals surface area contributed by atoms with E-state index in [-0.39, 0.29) is 80.1 Å². The topological polar surface area (TPSA) is 263 Å². The number of halogens is 3. The number of alkyl carbamates (subject to hydrolysis) is 3. The maximum Gasteiger partial charge on any atom is 1.00 e. The van der Waals surface area contributed by atoms with E-state index in [0.717, 1.165) is 50.1 Å². The van der Waals surface area contributed by atoms with Gasteiger partial charge in [-0.3, -0.25) is 0 Å². The van der Waals surface area contributed by atoms with Crippen LogP contribution in [0.5, 0.6) is 0 Å². The van der Waals surface area contributed by atoms with Gasteiger partial charge in [-0.25, -0.2) is 28.8 Å².